The van der Waals surface area contributed by atoms with Crippen LogP contribution < -0.4 is 10.1 Å². The fraction of sp³-hybridized carbons (Fsp3) is 0.786. The number of ether oxygens (including phenoxy) is 1. The molecule has 0 spiro atoms. The first-order chi connectivity index (χ1) is 9.63. The van der Waals surface area contributed by atoms with Crippen molar-refractivity contribution >= 4 is 17.5 Å². The van der Waals surface area contributed by atoms with Gasteiger partial charge in [-0.15, -0.1) is 0 Å². The van der Waals surface area contributed by atoms with E-state index in [1.807, 2.05) is 13.8 Å². The van der Waals surface area contributed by atoms with Crippen molar-refractivity contribution in [1.29, 1.82) is 0 Å². The van der Waals surface area contributed by atoms with E-state index < -0.39 is 0 Å². The van der Waals surface area contributed by atoms with Crippen LogP contribution in [-0.2, 0) is 0 Å². The van der Waals surface area contributed by atoms with Crippen molar-refractivity contribution < 1.29 is 4.74 Å². The molecule has 1 aliphatic rings. The Labute approximate surface area is 125 Å². The smallest absolute Gasteiger partial charge is 0.322 e. The third-order valence-corrected chi connectivity index (χ3v) is 3.66. The molecule has 0 amide bonds. The summed E-state index contributed by atoms with van der Waals surface area (Å²) in [7, 11) is 0. The third kappa shape index (κ3) is 5.12. The molecule has 0 aliphatic heterocycles. The van der Waals surface area contributed by atoms with E-state index in [4.69, 9.17) is 16.3 Å². The van der Waals surface area contributed by atoms with Crippen LogP contribution in [-0.4, -0.2) is 27.6 Å². The second-order valence-electron chi connectivity index (χ2n) is 5.60. The minimum atomic E-state index is 0.0172. The molecule has 1 aromatic rings. The van der Waals surface area contributed by atoms with E-state index in [9.17, 15) is 0 Å². The number of nitrogens with one attached hydrogen (secondary N) is 1. The van der Waals surface area contributed by atoms with Crippen LogP contribution in [0.25, 0.3) is 0 Å². The molecule has 0 aromatic carbocycles. The topological polar surface area (TPSA) is 59.9 Å². The molecule has 0 radical (unpaired) electrons. The van der Waals surface area contributed by atoms with Crippen LogP contribution in [0.1, 0.15) is 52.4 Å². The van der Waals surface area contributed by atoms with Gasteiger partial charge in [-0.3, -0.25) is 0 Å². The first kappa shape index (κ1) is 15.3. The van der Waals surface area contributed by atoms with Crippen molar-refractivity contribution in [2.45, 2.75) is 58.5 Å². The Morgan fingerprint density at radius 2 is 1.95 bits per heavy atom. The summed E-state index contributed by atoms with van der Waals surface area (Å²) in [5, 5.41) is 3.38. The summed E-state index contributed by atoms with van der Waals surface area (Å²) >= 11 is 5.88. The zero-order valence-electron chi connectivity index (χ0n) is 12.2. The second-order valence-corrected chi connectivity index (χ2v) is 5.93. The minimum absolute atomic E-state index is 0.0172. The molecule has 1 heterocycles. The van der Waals surface area contributed by atoms with Gasteiger partial charge in [-0.25, -0.2) is 0 Å². The molecular formula is C14H23ClN4O. The Bertz CT molecular complexity index is 422. The lowest BCUT2D eigenvalue weighted by Gasteiger charge is -2.21. The van der Waals surface area contributed by atoms with Gasteiger partial charge in [0.15, 0.2) is 0 Å². The lowest BCUT2D eigenvalue weighted by Crippen LogP contribution is -2.15. The van der Waals surface area contributed by atoms with E-state index in [0.29, 0.717) is 5.95 Å². The van der Waals surface area contributed by atoms with E-state index in [0.717, 1.165) is 18.9 Å². The maximum absolute atomic E-state index is 5.88. The number of anilines is 1. The number of aromatic nitrogens is 3. The van der Waals surface area contributed by atoms with E-state index >= 15 is 0 Å². The van der Waals surface area contributed by atoms with E-state index in [1.54, 1.807) is 0 Å². The SMILES string of the molecule is CC(C)Oc1nc(Cl)nc(NCCC2CCCCC2)n1. The Morgan fingerprint density at radius 1 is 1.20 bits per heavy atom. The van der Waals surface area contributed by atoms with Crippen LogP contribution in [0.2, 0.25) is 5.28 Å². The summed E-state index contributed by atoms with van der Waals surface area (Å²) < 4.78 is 5.45. The molecule has 0 atom stereocenters. The quantitative estimate of drug-likeness (QED) is 0.868. The van der Waals surface area contributed by atoms with Crippen molar-refractivity contribution in [3.8, 4) is 6.01 Å². The molecule has 1 aliphatic carbocycles. The summed E-state index contributed by atoms with van der Waals surface area (Å²) in [5.74, 6) is 1.33. The first-order valence-corrected chi connectivity index (χ1v) is 7.83. The molecule has 0 saturated heterocycles. The van der Waals surface area contributed by atoms with Gasteiger partial charge in [0.25, 0.3) is 0 Å². The van der Waals surface area contributed by atoms with E-state index in [1.165, 1.54) is 32.1 Å². The van der Waals surface area contributed by atoms with Gasteiger partial charge in [-0.2, -0.15) is 15.0 Å². The molecular weight excluding hydrogens is 276 g/mol. The largest absolute Gasteiger partial charge is 0.461 e. The molecule has 1 saturated carbocycles. The molecule has 1 N–H and O–H groups in total. The van der Waals surface area contributed by atoms with Gasteiger partial charge in [0.05, 0.1) is 6.10 Å². The molecule has 5 nitrogen and oxygen atoms in total. The predicted molar refractivity (Wildman–Crippen MR) is 80.3 cm³/mol. The number of hydrogen-bond acceptors (Lipinski definition) is 5. The minimum Gasteiger partial charge on any atom is -0.461 e. The maximum atomic E-state index is 5.88. The highest BCUT2D eigenvalue weighted by molar-refractivity contribution is 6.28. The van der Waals surface area contributed by atoms with Crippen molar-refractivity contribution in [3.05, 3.63) is 5.28 Å². The van der Waals surface area contributed by atoms with Gasteiger partial charge in [0.2, 0.25) is 11.2 Å². The van der Waals surface area contributed by atoms with Crippen LogP contribution >= 0.6 is 11.6 Å². The van der Waals surface area contributed by atoms with Gasteiger partial charge in [-0.05, 0) is 37.8 Å². The number of nitrogens with zero attached hydrogens (tertiary/aromatic N) is 3. The van der Waals surface area contributed by atoms with Gasteiger partial charge < -0.3 is 10.1 Å². The Hall–Kier alpha value is -1.10. The lowest BCUT2D eigenvalue weighted by atomic mass is 9.87. The van der Waals surface area contributed by atoms with E-state index in [-0.39, 0.29) is 17.4 Å². The highest BCUT2D eigenvalue weighted by Crippen LogP contribution is 2.26. The Balaban J connectivity index is 1.83. The van der Waals surface area contributed by atoms with Gasteiger partial charge in [-0.1, -0.05) is 32.1 Å². The molecule has 0 unspecified atom stereocenters. The summed E-state index contributed by atoms with van der Waals surface area (Å²) in [6, 6.07) is 0.278. The van der Waals surface area contributed by atoms with Crippen LogP contribution in [0.5, 0.6) is 6.01 Å². The van der Waals surface area contributed by atoms with Gasteiger partial charge in [0.1, 0.15) is 0 Å². The maximum Gasteiger partial charge on any atom is 0.322 e. The van der Waals surface area contributed by atoms with Crippen molar-refractivity contribution in [3.63, 3.8) is 0 Å². The molecule has 1 fully saturated rings. The lowest BCUT2D eigenvalue weighted by molar-refractivity contribution is 0.222. The number of rotatable bonds is 6. The number of halogens is 1. The van der Waals surface area contributed by atoms with Crippen LogP contribution in [0.15, 0.2) is 0 Å². The van der Waals surface area contributed by atoms with Gasteiger partial charge in [0, 0.05) is 6.54 Å². The summed E-state index contributed by atoms with van der Waals surface area (Å²) in [5.41, 5.74) is 0. The fourth-order valence-electron chi connectivity index (χ4n) is 2.54. The standard InChI is InChI=1S/C14H23ClN4O/c1-10(2)20-14-18-12(15)17-13(19-14)16-9-8-11-6-4-3-5-7-11/h10-11H,3-9H2,1-2H3,(H,16,17,18,19). The zero-order chi connectivity index (χ0) is 14.4. The average molecular weight is 299 g/mol. The summed E-state index contributed by atoms with van der Waals surface area (Å²) in [6.45, 7) is 4.72. The molecule has 6 heteroatoms. The highest BCUT2D eigenvalue weighted by atomic mass is 35.5. The Kier molecular flexibility index (Phi) is 5.83. The molecule has 1 aromatic heterocycles. The van der Waals surface area contributed by atoms with E-state index in [2.05, 4.69) is 20.3 Å². The van der Waals surface area contributed by atoms with Crippen LogP contribution in [0.3, 0.4) is 0 Å². The molecule has 20 heavy (non-hydrogen) atoms. The normalized spacial score (nSPS) is 16.4. The molecule has 112 valence electrons. The van der Waals surface area contributed by atoms with Crippen molar-refractivity contribution in [2.75, 3.05) is 11.9 Å². The van der Waals surface area contributed by atoms with Crippen LogP contribution in [0, 0.1) is 5.92 Å². The van der Waals surface area contributed by atoms with Crippen molar-refractivity contribution in [1.82, 2.24) is 15.0 Å². The molecule has 2 rings (SSSR count). The summed E-state index contributed by atoms with van der Waals surface area (Å²) in [6.07, 6.45) is 8.00. The fourth-order valence-corrected chi connectivity index (χ4v) is 2.69. The zero-order valence-corrected chi connectivity index (χ0v) is 13.0. The predicted octanol–water partition coefficient (Wildman–Crippen LogP) is 3.69. The second kappa shape index (κ2) is 7.62. The summed E-state index contributed by atoms with van der Waals surface area (Å²) in [4.78, 5) is 12.2. The van der Waals surface area contributed by atoms with Crippen LogP contribution in [0.4, 0.5) is 5.95 Å². The molecule has 0 bridgehead atoms. The van der Waals surface area contributed by atoms with Gasteiger partial charge >= 0.3 is 6.01 Å². The third-order valence-electron chi connectivity index (χ3n) is 3.49. The monoisotopic (exact) mass is 298 g/mol. The Morgan fingerprint density at radius 3 is 2.65 bits per heavy atom. The van der Waals surface area contributed by atoms with Crippen molar-refractivity contribution in [2.24, 2.45) is 5.92 Å². The average Bonchev–Trinajstić information content (AvgIpc) is 2.38. The highest BCUT2D eigenvalue weighted by Gasteiger charge is 2.13. The number of hydrogen-bond donors (Lipinski definition) is 1. The first-order valence-electron chi connectivity index (χ1n) is 7.45.